The number of likely N-dealkylation sites (tertiary alicyclic amines) is 1. The second kappa shape index (κ2) is 8.65. The summed E-state index contributed by atoms with van der Waals surface area (Å²) in [4.78, 5) is 15.7. The van der Waals surface area contributed by atoms with Gasteiger partial charge in [-0.25, -0.2) is 0 Å². The van der Waals surface area contributed by atoms with E-state index < -0.39 is 11.0 Å². The molecule has 2 saturated carbocycles. The van der Waals surface area contributed by atoms with Crippen LogP contribution in [0.3, 0.4) is 0 Å². The Morgan fingerprint density at radius 1 is 0.971 bits per heavy atom. The standard InChI is InChI=1S/C30H34N2O3/c33-27-7-3-6-25(17-27)29-14-15-32(19-21-8-9-21)20-30(29,35)13-12-26(18-29)31-28(34)24-11-10-22-4-1-2-5-23(22)16-24/h1-7,10-11,16-17,21,26,33,35H,8-9,12-15,18-20H2,(H,31,34)/t26-,29+,30+/m1/s1. The van der Waals surface area contributed by atoms with E-state index in [9.17, 15) is 15.0 Å². The van der Waals surface area contributed by atoms with Gasteiger partial charge >= 0.3 is 0 Å². The normalized spacial score (nSPS) is 29.0. The van der Waals surface area contributed by atoms with E-state index in [-0.39, 0.29) is 17.7 Å². The largest absolute Gasteiger partial charge is 0.508 e. The lowest BCUT2D eigenvalue weighted by Gasteiger charge is -2.58. The van der Waals surface area contributed by atoms with Crippen molar-refractivity contribution in [3.8, 4) is 5.75 Å². The second-order valence-corrected chi connectivity index (χ2v) is 11.1. The number of β-amino-alcohol motifs (C(OH)–C–C–N with tert-alkyl or cyclic N) is 1. The van der Waals surface area contributed by atoms with Gasteiger partial charge in [-0.2, -0.15) is 0 Å². The van der Waals surface area contributed by atoms with Crippen LogP contribution in [0.5, 0.6) is 5.75 Å². The number of benzene rings is 3. The Hall–Kier alpha value is -2.89. The molecule has 0 unspecified atom stereocenters. The Labute approximate surface area is 206 Å². The molecular weight excluding hydrogens is 436 g/mol. The topological polar surface area (TPSA) is 72.8 Å². The number of carbonyl (C=O) groups is 1. The van der Waals surface area contributed by atoms with Crippen molar-refractivity contribution in [2.75, 3.05) is 19.6 Å². The number of rotatable bonds is 5. The van der Waals surface area contributed by atoms with Crippen LogP contribution in [0.4, 0.5) is 0 Å². The molecule has 3 aliphatic rings. The molecule has 0 spiro atoms. The van der Waals surface area contributed by atoms with E-state index >= 15 is 0 Å². The summed E-state index contributed by atoms with van der Waals surface area (Å²) in [7, 11) is 0. The molecule has 1 amide bonds. The number of piperidine rings is 1. The fourth-order valence-corrected chi connectivity index (χ4v) is 6.61. The van der Waals surface area contributed by atoms with Gasteiger partial charge in [-0.05, 0) is 91.6 Å². The molecule has 1 aliphatic heterocycles. The van der Waals surface area contributed by atoms with Crippen LogP contribution in [0, 0.1) is 5.92 Å². The highest BCUT2D eigenvalue weighted by molar-refractivity contribution is 5.98. The molecule has 5 nitrogen and oxygen atoms in total. The molecule has 3 aromatic carbocycles. The zero-order chi connectivity index (χ0) is 24.0. The molecule has 3 atom stereocenters. The maximum absolute atomic E-state index is 13.2. The summed E-state index contributed by atoms with van der Waals surface area (Å²) in [5.74, 6) is 0.940. The molecule has 3 fully saturated rings. The summed E-state index contributed by atoms with van der Waals surface area (Å²) >= 11 is 0. The third-order valence-corrected chi connectivity index (χ3v) is 8.69. The Bertz CT molecular complexity index is 1260. The molecule has 2 aliphatic carbocycles. The Balaban J connectivity index is 1.26. The number of aliphatic hydroxyl groups is 1. The molecule has 1 saturated heterocycles. The molecule has 3 aromatic rings. The lowest BCUT2D eigenvalue weighted by atomic mass is 9.55. The molecule has 182 valence electrons. The molecule has 0 bridgehead atoms. The summed E-state index contributed by atoms with van der Waals surface area (Å²) in [6.07, 6.45) is 5.47. The van der Waals surface area contributed by atoms with Gasteiger partial charge in [0.05, 0.1) is 5.60 Å². The van der Waals surface area contributed by atoms with Gasteiger partial charge in [-0.3, -0.25) is 4.79 Å². The summed E-state index contributed by atoms with van der Waals surface area (Å²) in [5, 5.41) is 27.9. The van der Waals surface area contributed by atoms with Crippen molar-refractivity contribution in [2.24, 2.45) is 5.92 Å². The monoisotopic (exact) mass is 470 g/mol. The quantitative estimate of drug-likeness (QED) is 0.509. The number of nitrogens with one attached hydrogen (secondary N) is 1. The number of fused-ring (bicyclic) bond motifs is 2. The average Bonchev–Trinajstić information content (AvgIpc) is 3.68. The van der Waals surface area contributed by atoms with Crippen LogP contribution in [0.2, 0.25) is 0 Å². The summed E-state index contributed by atoms with van der Waals surface area (Å²) in [6, 6.07) is 21.3. The van der Waals surface area contributed by atoms with Crippen molar-refractivity contribution in [1.82, 2.24) is 10.2 Å². The molecule has 5 heteroatoms. The molecule has 1 heterocycles. The lowest BCUT2D eigenvalue weighted by molar-refractivity contribution is -0.126. The van der Waals surface area contributed by atoms with Gasteiger partial charge in [-0.1, -0.05) is 42.5 Å². The van der Waals surface area contributed by atoms with Gasteiger partial charge in [-0.15, -0.1) is 0 Å². The minimum atomic E-state index is -0.877. The fourth-order valence-electron chi connectivity index (χ4n) is 6.61. The molecule has 3 N–H and O–H groups in total. The van der Waals surface area contributed by atoms with Crippen molar-refractivity contribution in [3.05, 3.63) is 77.9 Å². The number of phenolic OH excluding ortho intramolecular Hbond substituents is 1. The van der Waals surface area contributed by atoms with Crippen molar-refractivity contribution >= 4 is 16.7 Å². The third-order valence-electron chi connectivity index (χ3n) is 8.69. The molecular formula is C30H34N2O3. The molecule has 6 rings (SSSR count). The number of carbonyl (C=O) groups excluding carboxylic acids is 1. The number of phenols is 1. The molecule has 35 heavy (non-hydrogen) atoms. The highest BCUT2D eigenvalue weighted by Gasteiger charge is 2.57. The minimum Gasteiger partial charge on any atom is -0.508 e. The SMILES string of the molecule is O=C(N[C@@H]1CC[C@]2(O)CN(CC3CC3)CC[C@@]2(c2cccc(O)c2)C1)c1ccc2ccccc2c1. The summed E-state index contributed by atoms with van der Waals surface area (Å²) in [6.45, 7) is 2.66. The third kappa shape index (κ3) is 4.21. The highest BCUT2D eigenvalue weighted by Crippen LogP contribution is 2.52. The van der Waals surface area contributed by atoms with Gasteiger partial charge in [0, 0.05) is 30.1 Å². The summed E-state index contributed by atoms with van der Waals surface area (Å²) < 4.78 is 0. The van der Waals surface area contributed by atoms with Crippen LogP contribution in [0.25, 0.3) is 10.8 Å². The molecule has 0 radical (unpaired) electrons. The van der Waals surface area contributed by atoms with Crippen molar-refractivity contribution in [1.29, 1.82) is 0 Å². The van der Waals surface area contributed by atoms with Crippen LogP contribution in [0.1, 0.15) is 54.4 Å². The average molecular weight is 471 g/mol. The van der Waals surface area contributed by atoms with Crippen molar-refractivity contribution < 1.29 is 15.0 Å². The second-order valence-electron chi connectivity index (χ2n) is 11.1. The lowest BCUT2D eigenvalue weighted by Crippen LogP contribution is -2.67. The van der Waals surface area contributed by atoms with Crippen LogP contribution in [0.15, 0.2) is 66.7 Å². The number of nitrogens with zero attached hydrogens (tertiary/aromatic N) is 1. The van der Waals surface area contributed by atoms with E-state index in [1.165, 1.54) is 12.8 Å². The first-order chi connectivity index (χ1) is 16.9. The number of aromatic hydroxyl groups is 1. The van der Waals surface area contributed by atoms with Crippen molar-refractivity contribution in [3.63, 3.8) is 0 Å². The Morgan fingerprint density at radius 3 is 2.60 bits per heavy atom. The van der Waals surface area contributed by atoms with Gasteiger partial charge < -0.3 is 20.4 Å². The number of amides is 1. The Morgan fingerprint density at radius 2 is 1.80 bits per heavy atom. The van der Waals surface area contributed by atoms with E-state index in [1.54, 1.807) is 6.07 Å². The van der Waals surface area contributed by atoms with Crippen LogP contribution in [-0.4, -0.2) is 52.3 Å². The smallest absolute Gasteiger partial charge is 0.251 e. The maximum atomic E-state index is 13.2. The van der Waals surface area contributed by atoms with E-state index in [0.29, 0.717) is 24.9 Å². The van der Waals surface area contributed by atoms with Gasteiger partial charge in [0.1, 0.15) is 5.75 Å². The van der Waals surface area contributed by atoms with E-state index in [1.807, 2.05) is 60.7 Å². The van der Waals surface area contributed by atoms with Crippen LogP contribution in [-0.2, 0) is 5.41 Å². The van der Waals surface area contributed by atoms with Crippen LogP contribution >= 0.6 is 0 Å². The molecule has 0 aromatic heterocycles. The minimum absolute atomic E-state index is 0.0356. The van der Waals surface area contributed by atoms with Crippen LogP contribution < -0.4 is 5.32 Å². The van der Waals surface area contributed by atoms with Gasteiger partial charge in [0.15, 0.2) is 0 Å². The zero-order valence-electron chi connectivity index (χ0n) is 20.1. The Kier molecular flexibility index (Phi) is 5.58. The number of hydrogen-bond donors (Lipinski definition) is 3. The van der Waals surface area contributed by atoms with Crippen molar-refractivity contribution in [2.45, 2.75) is 55.6 Å². The predicted molar refractivity (Wildman–Crippen MR) is 138 cm³/mol. The van der Waals surface area contributed by atoms with E-state index in [4.69, 9.17) is 0 Å². The predicted octanol–water partition coefficient (Wildman–Crippen LogP) is 4.61. The van der Waals surface area contributed by atoms with Gasteiger partial charge in [0.2, 0.25) is 0 Å². The van der Waals surface area contributed by atoms with E-state index in [2.05, 4.69) is 10.2 Å². The van der Waals surface area contributed by atoms with E-state index in [0.717, 1.165) is 48.2 Å². The summed E-state index contributed by atoms with van der Waals surface area (Å²) in [5.41, 5.74) is 0.273. The highest BCUT2D eigenvalue weighted by atomic mass is 16.3. The first kappa shape index (κ1) is 22.6. The number of hydrogen-bond acceptors (Lipinski definition) is 4. The van der Waals surface area contributed by atoms with Gasteiger partial charge in [0.25, 0.3) is 5.91 Å². The maximum Gasteiger partial charge on any atom is 0.251 e. The zero-order valence-corrected chi connectivity index (χ0v) is 20.1. The first-order valence-corrected chi connectivity index (χ1v) is 13.0. The fraction of sp³-hybridized carbons (Fsp3) is 0.433. The first-order valence-electron chi connectivity index (χ1n) is 13.0.